The van der Waals surface area contributed by atoms with Crippen LogP contribution in [0.1, 0.15) is 21.6 Å². The van der Waals surface area contributed by atoms with Crippen molar-refractivity contribution in [2.45, 2.75) is 6.92 Å². The lowest BCUT2D eigenvalue weighted by molar-refractivity contribution is -0.354. The van der Waals surface area contributed by atoms with E-state index in [-0.39, 0.29) is 5.78 Å². The Morgan fingerprint density at radius 1 is 1.05 bits per heavy atom. The molecule has 1 aromatic heterocycles. The molecule has 0 bridgehead atoms. The maximum absolute atomic E-state index is 12.5. The van der Waals surface area contributed by atoms with E-state index in [4.69, 9.17) is 5.73 Å². The van der Waals surface area contributed by atoms with Crippen LogP contribution in [-0.4, -0.2) is 5.78 Å². The summed E-state index contributed by atoms with van der Waals surface area (Å²) in [5.74, 6) is -0.0964. The van der Waals surface area contributed by atoms with E-state index in [1.54, 1.807) is 12.2 Å². The number of aromatic nitrogens is 1. The van der Waals surface area contributed by atoms with Crippen LogP contribution in [0.3, 0.4) is 0 Å². The lowest BCUT2D eigenvalue weighted by Crippen LogP contribution is -2.17. The van der Waals surface area contributed by atoms with Crippen molar-refractivity contribution in [2.24, 2.45) is 0 Å². The summed E-state index contributed by atoms with van der Waals surface area (Å²) in [6.45, 7) is 1.87. The van der Waals surface area contributed by atoms with Crippen molar-refractivity contribution in [1.82, 2.24) is 0 Å². The van der Waals surface area contributed by atoms with E-state index in [0.717, 1.165) is 22.2 Å². The van der Waals surface area contributed by atoms with E-state index in [1.165, 1.54) is 0 Å². The third-order valence-electron chi connectivity index (χ3n) is 3.66. The number of aromatic amines is 1. The van der Waals surface area contributed by atoms with Gasteiger partial charge in [0.25, 0.3) is 0 Å². The molecule has 108 valence electrons. The number of H-pyrrole nitrogens is 1. The SMILES string of the molecule is Cc1[nH+]c2ccccc2c(N)c1C(=O)/C=C/c1ccccc1. The number of hydrogen-bond donors (Lipinski definition) is 1. The molecular formula is C19H17N2O+. The van der Waals surface area contributed by atoms with Crippen LogP contribution < -0.4 is 10.7 Å². The fourth-order valence-electron chi connectivity index (χ4n) is 2.57. The monoisotopic (exact) mass is 289 g/mol. The van der Waals surface area contributed by atoms with Crippen LogP contribution in [0.4, 0.5) is 5.69 Å². The van der Waals surface area contributed by atoms with E-state index in [0.29, 0.717) is 11.3 Å². The predicted molar refractivity (Wildman–Crippen MR) is 89.5 cm³/mol. The fraction of sp³-hybridized carbons (Fsp3) is 0.0526. The molecule has 0 amide bonds. The van der Waals surface area contributed by atoms with E-state index in [2.05, 4.69) is 4.98 Å². The third kappa shape index (κ3) is 2.61. The Labute approximate surface area is 129 Å². The summed E-state index contributed by atoms with van der Waals surface area (Å²) in [5, 5.41) is 0.865. The Kier molecular flexibility index (Phi) is 3.71. The third-order valence-corrected chi connectivity index (χ3v) is 3.66. The van der Waals surface area contributed by atoms with Crippen molar-refractivity contribution in [3.63, 3.8) is 0 Å². The summed E-state index contributed by atoms with van der Waals surface area (Å²) in [6, 6.07) is 17.4. The summed E-state index contributed by atoms with van der Waals surface area (Å²) < 4.78 is 0. The lowest BCUT2D eigenvalue weighted by atomic mass is 10.0. The van der Waals surface area contributed by atoms with Gasteiger partial charge in [-0.15, -0.1) is 0 Å². The molecule has 0 radical (unpaired) electrons. The highest BCUT2D eigenvalue weighted by Gasteiger charge is 2.19. The number of carbonyl (C=O) groups excluding carboxylic acids is 1. The number of nitrogen functional groups attached to an aromatic ring is 1. The standard InChI is InChI=1S/C19H16N2O/c1-13-18(17(22)12-11-14-7-3-2-4-8-14)19(20)15-9-5-6-10-16(15)21-13/h2-12H,1H3,(H2,20,21)/p+1/b12-11+. The molecular weight excluding hydrogens is 272 g/mol. The number of pyridine rings is 1. The van der Waals surface area contributed by atoms with Crippen LogP contribution in [0, 0.1) is 6.92 Å². The molecule has 22 heavy (non-hydrogen) atoms. The van der Waals surface area contributed by atoms with E-state index < -0.39 is 0 Å². The van der Waals surface area contributed by atoms with Crippen molar-refractivity contribution in [3.8, 4) is 0 Å². The lowest BCUT2D eigenvalue weighted by Gasteiger charge is -2.05. The minimum Gasteiger partial charge on any atom is -0.397 e. The summed E-state index contributed by atoms with van der Waals surface area (Å²) in [6.07, 6.45) is 3.37. The molecule has 3 heteroatoms. The number of ketones is 1. The molecule has 2 aromatic carbocycles. The summed E-state index contributed by atoms with van der Waals surface area (Å²) >= 11 is 0. The van der Waals surface area contributed by atoms with Crippen LogP contribution in [0.5, 0.6) is 0 Å². The summed E-state index contributed by atoms with van der Waals surface area (Å²) in [7, 11) is 0. The summed E-state index contributed by atoms with van der Waals surface area (Å²) in [4.78, 5) is 15.8. The van der Waals surface area contributed by atoms with Gasteiger partial charge in [0, 0.05) is 13.0 Å². The van der Waals surface area contributed by atoms with Gasteiger partial charge < -0.3 is 5.73 Å². The number of para-hydroxylation sites is 1. The number of rotatable bonds is 3. The average Bonchev–Trinajstić information content (AvgIpc) is 2.54. The fourth-order valence-corrected chi connectivity index (χ4v) is 2.57. The summed E-state index contributed by atoms with van der Waals surface area (Å²) in [5.41, 5.74) is 9.96. The molecule has 3 N–H and O–H groups in total. The zero-order valence-corrected chi connectivity index (χ0v) is 12.3. The second-order valence-corrected chi connectivity index (χ2v) is 5.19. The first-order chi connectivity index (χ1) is 10.7. The van der Waals surface area contributed by atoms with Gasteiger partial charge in [-0.2, -0.15) is 0 Å². The first kappa shape index (κ1) is 14.0. The Morgan fingerprint density at radius 3 is 2.50 bits per heavy atom. The number of nitrogens with two attached hydrogens (primary N) is 1. The van der Waals surface area contributed by atoms with E-state index in [9.17, 15) is 4.79 Å². The molecule has 3 rings (SSSR count). The number of allylic oxidation sites excluding steroid dienone is 1. The van der Waals surface area contributed by atoms with Crippen molar-refractivity contribution >= 4 is 28.4 Å². The molecule has 0 fully saturated rings. The second-order valence-electron chi connectivity index (χ2n) is 5.19. The maximum Gasteiger partial charge on any atom is 0.213 e. The number of anilines is 1. The van der Waals surface area contributed by atoms with Crippen LogP contribution in [0.15, 0.2) is 60.7 Å². The molecule has 0 atom stereocenters. The molecule has 3 aromatic rings. The molecule has 0 saturated carbocycles. The Balaban J connectivity index is 2.02. The topological polar surface area (TPSA) is 57.2 Å². The largest absolute Gasteiger partial charge is 0.397 e. The number of nitrogens with one attached hydrogen (secondary N) is 1. The zero-order chi connectivity index (χ0) is 15.5. The van der Waals surface area contributed by atoms with Gasteiger partial charge in [-0.1, -0.05) is 48.5 Å². The number of carbonyl (C=O) groups is 1. The van der Waals surface area contributed by atoms with Gasteiger partial charge in [-0.25, -0.2) is 4.98 Å². The molecule has 0 aliphatic heterocycles. The number of hydrogen-bond acceptors (Lipinski definition) is 2. The van der Waals surface area contributed by atoms with Crippen molar-refractivity contribution < 1.29 is 9.78 Å². The first-order valence-corrected chi connectivity index (χ1v) is 7.14. The Hall–Kier alpha value is -2.94. The van der Waals surface area contributed by atoms with Crippen LogP contribution >= 0.6 is 0 Å². The molecule has 0 spiro atoms. The minimum absolute atomic E-state index is 0.0964. The van der Waals surface area contributed by atoms with E-state index in [1.807, 2.05) is 61.5 Å². The molecule has 0 aliphatic carbocycles. The number of benzene rings is 2. The molecule has 3 nitrogen and oxygen atoms in total. The normalized spacial score (nSPS) is 11.1. The number of aryl methyl sites for hydroxylation is 1. The highest BCUT2D eigenvalue weighted by Crippen LogP contribution is 2.24. The van der Waals surface area contributed by atoms with Gasteiger partial charge in [-0.05, 0) is 17.7 Å². The number of fused-ring (bicyclic) bond motifs is 1. The molecule has 0 aliphatic rings. The molecule has 0 saturated heterocycles. The highest BCUT2D eigenvalue weighted by atomic mass is 16.1. The van der Waals surface area contributed by atoms with Gasteiger partial charge in [0.2, 0.25) is 5.52 Å². The van der Waals surface area contributed by atoms with Gasteiger partial charge in [0.15, 0.2) is 11.5 Å². The first-order valence-electron chi connectivity index (χ1n) is 7.14. The van der Waals surface area contributed by atoms with Crippen LogP contribution in [0.25, 0.3) is 17.0 Å². The Bertz CT molecular complexity index is 867. The van der Waals surface area contributed by atoms with Crippen LogP contribution in [-0.2, 0) is 0 Å². The van der Waals surface area contributed by atoms with Crippen molar-refractivity contribution in [3.05, 3.63) is 77.5 Å². The minimum atomic E-state index is -0.0964. The Morgan fingerprint density at radius 2 is 1.73 bits per heavy atom. The van der Waals surface area contributed by atoms with Gasteiger partial charge in [-0.3, -0.25) is 4.79 Å². The quantitative estimate of drug-likeness (QED) is 0.593. The van der Waals surface area contributed by atoms with Gasteiger partial charge in [0.1, 0.15) is 5.56 Å². The molecule has 1 heterocycles. The maximum atomic E-state index is 12.5. The van der Waals surface area contributed by atoms with Crippen molar-refractivity contribution in [2.75, 3.05) is 5.73 Å². The van der Waals surface area contributed by atoms with E-state index >= 15 is 0 Å². The van der Waals surface area contributed by atoms with Crippen LogP contribution in [0.2, 0.25) is 0 Å². The molecule has 0 unspecified atom stereocenters. The highest BCUT2D eigenvalue weighted by molar-refractivity contribution is 6.13. The zero-order valence-electron chi connectivity index (χ0n) is 12.3. The van der Waals surface area contributed by atoms with Crippen molar-refractivity contribution in [1.29, 1.82) is 0 Å². The van der Waals surface area contributed by atoms with Gasteiger partial charge >= 0.3 is 0 Å². The van der Waals surface area contributed by atoms with Gasteiger partial charge in [0.05, 0.1) is 11.1 Å². The smallest absolute Gasteiger partial charge is 0.213 e. The average molecular weight is 289 g/mol. The second kappa shape index (κ2) is 5.82. The predicted octanol–water partition coefficient (Wildman–Crippen LogP) is 3.44.